The molecule has 0 atom stereocenters. The molecule has 2 fully saturated rings. The van der Waals surface area contributed by atoms with E-state index in [0.717, 1.165) is 36.2 Å². The number of aromatic carboxylic acids is 1. The molecule has 0 saturated heterocycles. The molecule has 25 heavy (non-hydrogen) atoms. The lowest BCUT2D eigenvalue weighted by molar-refractivity contribution is 0.0692. The van der Waals surface area contributed by atoms with E-state index in [1.54, 1.807) is 0 Å². The molecule has 2 aliphatic rings. The van der Waals surface area contributed by atoms with Gasteiger partial charge in [-0.15, -0.1) is 0 Å². The highest BCUT2D eigenvalue weighted by Crippen LogP contribution is 2.44. The molecule has 0 bridgehead atoms. The van der Waals surface area contributed by atoms with Crippen LogP contribution in [0.1, 0.15) is 93.0 Å². The maximum Gasteiger partial charge on any atom is 0.338 e. The fourth-order valence-corrected chi connectivity index (χ4v) is 5.24. The molecular weight excluding hydrogens is 315 g/mol. The van der Waals surface area contributed by atoms with E-state index in [-0.39, 0.29) is 5.56 Å². The van der Waals surface area contributed by atoms with E-state index in [0.29, 0.717) is 5.92 Å². The van der Waals surface area contributed by atoms with Crippen LogP contribution in [-0.4, -0.2) is 11.1 Å². The average Bonchev–Trinajstić information content (AvgIpc) is 2.62. The zero-order valence-corrected chi connectivity index (χ0v) is 15.3. The molecule has 138 valence electrons. The molecule has 1 aromatic rings. The normalized spacial score (nSPS) is 30.2. The van der Waals surface area contributed by atoms with Crippen molar-refractivity contribution in [1.29, 1.82) is 0 Å². The van der Waals surface area contributed by atoms with Gasteiger partial charge in [-0.3, -0.25) is 0 Å². The number of hydrogen-bond donors (Lipinski definition) is 1. The third kappa shape index (κ3) is 4.43. The van der Waals surface area contributed by atoms with Gasteiger partial charge in [0.15, 0.2) is 0 Å². The van der Waals surface area contributed by atoms with Gasteiger partial charge in [-0.2, -0.15) is 0 Å². The van der Waals surface area contributed by atoms with Crippen molar-refractivity contribution in [3.63, 3.8) is 0 Å². The topological polar surface area (TPSA) is 37.3 Å². The summed E-state index contributed by atoms with van der Waals surface area (Å²) >= 11 is 0. The molecule has 1 aromatic carbocycles. The predicted octanol–water partition coefficient (Wildman–Crippen LogP) is 6.40. The Morgan fingerprint density at radius 3 is 2.16 bits per heavy atom. The maximum absolute atomic E-state index is 13.9. The number of carboxylic acid groups (broad SMARTS) is 1. The van der Waals surface area contributed by atoms with E-state index in [9.17, 15) is 9.18 Å². The van der Waals surface area contributed by atoms with Crippen LogP contribution >= 0.6 is 0 Å². The lowest BCUT2D eigenvalue weighted by Gasteiger charge is -2.38. The minimum Gasteiger partial charge on any atom is -0.478 e. The molecule has 2 saturated carbocycles. The third-order valence-electron chi connectivity index (χ3n) is 6.72. The van der Waals surface area contributed by atoms with Gasteiger partial charge in [0.2, 0.25) is 0 Å². The lowest BCUT2D eigenvalue weighted by atomic mass is 9.68. The summed E-state index contributed by atoms with van der Waals surface area (Å²) in [5.41, 5.74) is 0.758. The minimum absolute atomic E-state index is 0.221. The lowest BCUT2D eigenvalue weighted by Crippen LogP contribution is -2.25. The first-order chi connectivity index (χ1) is 12.1. The van der Waals surface area contributed by atoms with Crippen LogP contribution in [-0.2, 0) is 0 Å². The molecule has 1 N–H and O–H groups in total. The molecule has 0 unspecified atom stereocenters. The third-order valence-corrected chi connectivity index (χ3v) is 6.72. The smallest absolute Gasteiger partial charge is 0.338 e. The Kier molecular flexibility index (Phi) is 6.14. The minimum atomic E-state index is -1.19. The van der Waals surface area contributed by atoms with Gasteiger partial charge < -0.3 is 5.11 Å². The zero-order valence-electron chi connectivity index (χ0n) is 15.3. The van der Waals surface area contributed by atoms with Gasteiger partial charge in [-0.1, -0.05) is 38.7 Å². The molecule has 0 spiro atoms. The van der Waals surface area contributed by atoms with Gasteiger partial charge in [-0.05, 0) is 79.9 Å². The number of benzene rings is 1. The summed E-state index contributed by atoms with van der Waals surface area (Å²) in [4.78, 5) is 11.0. The van der Waals surface area contributed by atoms with Gasteiger partial charge in [0, 0.05) is 0 Å². The number of halogens is 1. The molecule has 0 aromatic heterocycles. The molecule has 0 amide bonds. The Morgan fingerprint density at radius 2 is 1.64 bits per heavy atom. The number of rotatable bonds is 5. The van der Waals surface area contributed by atoms with E-state index in [4.69, 9.17) is 5.11 Å². The van der Waals surface area contributed by atoms with Crippen molar-refractivity contribution >= 4 is 5.97 Å². The van der Waals surface area contributed by atoms with E-state index in [1.165, 1.54) is 63.5 Å². The number of carbonyl (C=O) groups is 1. The van der Waals surface area contributed by atoms with Crippen LogP contribution in [0.25, 0.3) is 0 Å². The highest BCUT2D eigenvalue weighted by molar-refractivity contribution is 5.87. The second-order valence-corrected chi connectivity index (χ2v) is 8.23. The zero-order chi connectivity index (χ0) is 17.8. The van der Waals surface area contributed by atoms with Crippen molar-refractivity contribution in [1.82, 2.24) is 0 Å². The van der Waals surface area contributed by atoms with Gasteiger partial charge in [0.1, 0.15) is 5.82 Å². The summed E-state index contributed by atoms with van der Waals surface area (Å²) in [6, 6.07) is 4.69. The van der Waals surface area contributed by atoms with Gasteiger partial charge >= 0.3 is 5.97 Å². The van der Waals surface area contributed by atoms with Crippen LogP contribution in [0, 0.1) is 23.6 Å². The second-order valence-electron chi connectivity index (χ2n) is 8.23. The maximum atomic E-state index is 13.9. The molecule has 0 radical (unpaired) electrons. The van der Waals surface area contributed by atoms with Crippen LogP contribution in [0.15, 0.2) is 18.2 Å². The fraction of sp³-hybridized carbons (Fsp3) is 0.682. The van der Waals surface area contributed by atoms with Crippen molar-refractivity contribution in [3.05, 3.63) is 35.1 Å². The fourth-order valence-electron chi connectivity index (χ4n) is 5.24. The van der Waals surface area contributed by atoms with Crippen LogP contribution in [0.3, 0.4) is 0 Å². The quantitative estimate of drug-likeness (QED) is 0.669. The Hall–Kier alpha value is -1.38. The highest BCUT2D eigenvalue weighted by Gasteiger charge is 2.31. The average molecular weight is 346 g/mol. The Labute approximate surface area is 150 Å². The molecule has 3 rings (SSSR count). The van der Waals surface area contributed by atoms with Crippen molar-refractivity contribution in [3.8, 4) is 0 Å². The SMILES string of the molecule is CCCC1CCC(C2CCC(c3ccc(C(=O)O)c(F)c3)CC2)CC1. The number of hydrogen-bond acceptors (Lipinski definition) is 1. The molecule has 2 nitrogen and oxygen atoms in total. The van der Waals surface area contributed by atoms with Crippen LogP contribution in [0.2, 0.25) is 0 Å². The summed E-state index contributed by atoms with van der Waals surface area (Å²) in [5, 5.41) is 8.96. The van der Waals surface area contributed by atoms with Crippen molar-refractivity contribution in [2.75, 3.05) is 0 Å². The standard InChI is InChI=1S/C22H31FO2/c1-2-3-15-4-6-16(7-5-15)17-8-10-18(11-9-17)19-12-13-20(22(24)25)21(23)14-19/h12-18H,2-11H2,1H3,(H,24,25). The highest BCUT2D eigenvalue weighted by atomic mass is 19.1. The molecule has 0 aliphatic heterocycles. The molecular formula is C22H31FO2. The monoisotopic (exact) mass is 346 g/mol. The number of carboxylic acids is 1. The van der Waals surface area contributed by atoms with E-state index < -0.39 is 11.8 Å². The Bertz CT molecular complexity index is 582. The molecule has 0 heterocycles. The summed E-state index contributed by atoms with van der Waals surface area (Å²) in [7, 11) is 0. The van der Waals surface area contributed by atoms with Gasteiger partial charge in [-0.25, -0.2) is 9.18 Å². The summed E-state index contributed by atoms with van der Waals surface area (Å²) in [6.07, 6.45) is 13.1. The first kappa shape index (κ1) is 18.4. The van der Waals surface area contributed by atoms with E-state index >= 15 is 0 Å². The largest absolute Gasteiger partial charge is 0.478 e. The van der Waals surface area contributed by atoms with Crippen LogP contribution in [0.4, 0.5) is 4.39 Å². The predicted molar refractivity (Wildman–Crippen MR) is 98.4 cm³/mol. The second kappa shape index (κ2) is 8.33. The first-order valence-corrected chi connectivity index (χ1v) is 10.1. The van der Waals surface area contributed by atoms with Crippen LogP contribution in [0.5, 0.6) is 0 Å². The first-order valence-electron chi connectivity index (χ1n) is 10.1. The summed E-state index contributed by atoms with van der Waals surface area (Å²) in [5.74, 6) is 1.33. The van der Waals surface area contributed by atoms with E-state index in [1.807, 2.05) is 6.07 Å². The van der Waals surface area contributed by atoms with Crippen molar-refractivity contribution in [2.24, 2.45) is 17.8 Å². The summed E-state index contributed by atoms with van der Waals surface area (Å²) < 4.78 is 13.9. The Balaban J connectivity index is 1.52. The van der Waals surface area contributed by atoms with E-state index in [2.05, 4.69) is 6.92 Å². The molecule has 2 aliphatic carbocycles. The summed E-state index contributed by atoms with van der Waals surface area (Å²) in [6.45, 7) is 2.29. The van der Waals surface area contributed by atoms with Gasteiger partial charge in [0.05, 0.1) is 5.56 Å². The van der Waals surface area contributed by atoms with Crippen LogP contribution < -0.4 is 0 Å². The molecule has 3 heteroatoms. The van der Waals surface area contributed by atoms with Gasteiger partial charge in [0.25, 0.3) is 0 Å². The van der Waals surface area contributed by atoms with Crippen molar-refractivity contribution in [2.45, 2.75) is 77.0 Å². The van der Waals surface area contributed by atoms with Crippen molar-refractivity contribution < 1.29 is 14.3 Å². The Morgan fingerprint density at radius 1 is 1.04 bits per heavy atom.